The van der Waals surface area contributed by atoms with Gasteiger partial charge in [-0.25, -0.2) is 4.79 Å². The Morgan fingerprint density at radius 3 is 2.30 bits per heavy atom. The van der Waals surface area contributed by atoms with Crippen LogP contribution in [0.1, 0.15) is 45.4 Å². The van der Waals surface area contributed by atoms with Crippen LogP contribution in [0.25, 0.3) is 0 Å². The van der Waals surface area contributed by atoms with Crippen LogP contribution in [0.3, 0.4) is 0 Å². The second kappa shape index (κ2) is 8.24. The Hall–Kier alpha value is -2.16. The van der Waals surface area contributed by atoms with Gasteiger partial charge in [-0.1, -0.05) is 0 Å². The van der Waals surface area contributed by atoms with Gasteiger partial charge in [0.1, 0.15) is 18.1 Å². The molecule has 150 valence electrons. The molecular weight excluding hydrogens is 352 g/mol. The van der Waals surface area contributed by atoms with Crippen LogP contribution in [0, 0.1) is 0 Å². The molecule has 27 heavy (non-hydrogen) atoms. The first kappa shape index (κ1) is 19.6. The molecule has 3 rings (SSSR count). The number of hydrogen-bond donors (Lipinski definition) is 3. The molecule has 3 aliphatic heterocycles. The predicted molar refractivity (Wildman–Crippen MR) is 95.7 cm³/mol. The van der Waals surface area contributed by atoms with Gasteiger partial charge in [-0.2, -0.15) is 0 Å². The minimum Gasteiger partial charge on any atom is -0.480 e. The van der Waals surface area contributed by atoms with E-state index in [-0.39, 0.29) is 23.8 Å². The van der Waals surface area contributed by atoms with Crippen LogP contribution in [-0.4, -0.2) is 82.4 Å². The Labute approximate surface area is 158 Å². The molecule has 0 unspecified atom stereocenters. The molecule has 0 aromatic rings. The van der Waals surface area contributed by atoms with Crippen molar-refractivity contribution in [2.75, 3.05) is 19.6 Å². The second-order valence-electron chi connectivity index (χ2n) is 7.60. The van der Waals surface area contributed by atoms with Crippen molar-refractivity contribution in [1.82, 2.24) is 20.4 Å². The summed E-state index contributed by atoms with van der Waals surface area (Å²) in [5.74, 6) is -1.77. The molecule has 3 fully saturated rings. The highest BCUT2D eigenvalue weighted by atomic mass is 16.4. The smallest absolute Gasteiger partial charge is 0.326 e. The number of nitrogens with one attached hydrogen (secondary N) is 2. The zero-order chi connectivity index (χ0) is 19.6. The molecule has 3 saturated heterocycles. The summed E-state index contributed by atoms with van der Waals surface area (Å²) < 4.78 is 0. The molecule has 0 saturated carbocycles. The molecule has 0 aromatic heterocycles. The zero-order valence-electron chi connectivity index (χ0n) is 15.6. The summed E-state index contributed by atoms with van der Waals surface area (Å²) in [6.45, 7) is 3.28. The highest BCUT2D eigenvalue weighted by Gasteiger charge is 2.43. The number of nitrogens with zero attached hydrogens (tertiary/aromatic N) is 2. The number of aliphatic carboxylic acids is 1. The molecule has 0 radical (unpaired) electrons. The van der Waals surface area contributed by atoms with E-state index in [1.165, 1.54) is 9.80 Å². The van der Waals surface area contributed by atoms with Crippen molar-refractivity contribution in [1.29, 1.82) is 0 Å². The Morgan fingerprint density at radius 2 is 1.67 bits per heavy atom. The van der Waals surface area contributed by atoms with E-state index in [0.29, 0.717) is 38.8 Å². The van der Waals surface area contributed by atoms with Crippen molar-refractivity contribution in [2.24, 2.45) is 0 Å². The van der Waals surface area contributed by atoms with Gasteiger partial charge in [-0.05, 0) is 52.0 Å². The van der Waals surface area contributed by atoms with E-state index in [1.807, 2.05) is 0 Å². The first-order valence-electron chi connectivity index (χ1n) is 9.77. The largest absolute Gasteiger partial charge is 0.480 e. The third-order valence-electron chi connectivity index (χ3n) is 5.75. The molecule has 3 N–H and O–H groups in total. The van der Waals surface area contributed by atoms with E-state index in [0.717, 1.165) is 19.4 Å². The van der Waals surface area contributed by atoms with Gasteiger partial charge in [-0.3, -0.25) is 14.4 Å². The van der Waals surface area contributed by atoms with E-state index in [9.17, 15) is 24.3 Å². The maximum atomic E-state index is 12.9. The van der Waals surface area contributed by atoms with Gasteiger partial charge >= 0.3 is 5.97 Å². The fourth-order valence-electron chi connectivity index (χ4n) is 4.30. The third-order valence-corrected chi connectivity index (χ3v) is 5.75. The number of likely N-dealkylation sites (tertiary alicyclic amines) is 2. The molecule has 3 amide bonds. The summed E-state index contributed by atoms with van der Waals surface area (Å²) in [7, 11) is 0. The number of rotatable bonds is 5. The molecule has 9 nitrogen and oxygen atoms in total. The molecule has 0 spiro atoms. The van der Waals surface area contributed by atoms with Crippen molar-refractivity contribution < 1.29 is 24.3 Å². The molecule has 0 aliphatic carbocycles. The Morgan fingerprint density at radius 1 is 1.00 bits per heavy atom. The number of carbonyl (C=O) groups is 4. The van der Waals surface area contributed by atoms with E-state index in [4.69, 9.17) is 0 Å². The van der Waals surface area contributed by atoms with Crippen LogP contribution < -0.4 is 10.6 Å². The lowest BCUT2D eigenvalue weighted by molar-refractivity contribution is -0.152. The maximum Gasteiger partial charge on any atom is 0.326 e. The number of carboxylic acid groups (broad SMARTS) is 1. The van der Waals surface area contributed by atoms with Gasteiger partial charge in [0.2, 0.25) is 17.7 Å². The number of carboxylic acids is 1. The van der Waals surface area contributed by atoms with Crippen molar-refractivity contribution >= 4 is 23.7 Å². The fourth-order valence-corrected chi connectivity index (χ4v) is 4.30. The van der Waals surface area contributed by atoms with E-state index >= 15 is 0 Å². The summed E-state index contributed by atoms with van der Waals surface area (Å²) in [5, 5.41) is 15.2. The normalized spacial score (nSPS) is 29.0. The lowest BCUT2D eigenvalue weighted by Gasteiger charge is -2.31. The van der Waals surface area contributed by atoms with Crippen LogP contribution in [-0.2, 0) is 19.2 Å². The highest BCUT2D eigenvalue weighted by molar-refractivity contribution is 5.94. The van der Waals surface area contributed by atoms with Crippen LogP contribution in [0.2, 0.25) is 0 Å². The van der Waals surface area contributed by atoms with Gasteiger partial charge in [-0.15, -0.1) is 0 Å². The Kier molecular flexibility index (Phi) is 5.98. The lowest BCUT2D eigenvalue weighted by atomic mass is 10.1. The molecule has 3 aliphatic rings. The third kappa shape index (κ3) is 4.07. The summed E-state index contributed by atoms with van der Waals surface area (Å²) in [4.78, 5) is 52.3. The number of amides is 3. The second-order valence-corrected chi connectivity index (χ2v) is 7.60. The molecule has 9 heteroatoms. The van der Waals surface area contributed by atoms with Crippen molar-refractivity contribution in [3.63, 3.8) is 0 Å². The molecule has 3 heterocycles. The standard InChI is InChI=1S/C18H28N4O5/c1-11(20-15(23)12-5-2-8-19-12)16(24)21-9-3-6-13(21)17(25)22-10-4-7-14(22)18(26)27/h11-14,19H,2-10H2,1H3,(H,20,23)(H,26,27)/t11-,12-,13-,14-/m0/s1. The number of hydrogen-bond acceptors (Lipinski definition) is 5. The summed E-state index contributed by atoms with van der Waals surface area (Å²) in [6, 6.07) is -2.43. The summed E-state index contributed by atoms with van der Waals surface area (Å²) in [6.07, 6.45) is 4.01. The minimum absolute atomic E-state index is 0.194. The maximum absolute atomic E-state index is 12.9. The Bertz CT molecular complexity index is 619. The van der Waals surface area contributed by atoms with Gasteiger partial charge in [0, 0.05) is 13.1 Å². The van der Waals surface area contributed by atoms with Crippen molar-refractivity contribution in [2.45, 2.75) is 69.6 Å². The van der Waals surface area contributed by atoms with Crippen molar-refractivity contribution in [3.8, 4) is 0 Å². The molecule has 0 bridgehead atoms. The van der Waals surface area contributed by atoms with Gasteiger partial charge in [0.25, 0.3) is 0 Å². The molecular formula is C18H28N4O5. The first-order chi connectivity index (χ1) is 12.9. The molecule has 4 atom stereocenters. The van der Waals surface area contributed by atoms with Gasteiger partial charge in [0.15, 0.2) is 0 Å². The first-order valence-corrected chi connectivity index (χ1v) is 9.77. The van der Waals surface area contributed by atoms with E-state index < -0.39 is 24.1 Å². The lowest BCUT2D eigenvalue weighted by Crippen LogP contribution is -2.56. The quantitative estimate of drug-likeness (QED) is 0.581. The van der Waals surface area contributed by atoms with E-state index in [1.54, 1.807) is 6.92 Å². The van der Waals surface area contributed by atoms with Gasteiger partial charge in [0.05, 0.1) is 6.04 Å². The van der Waals surface area contributed by atoms with Crippen LogP contribution >= 0.6 is 0 Å². The highest BCUT2D eigenvalue weighted by Crippen LogP contribution is 2.25. The van der Waals surface area contributed by atoms with Gasteiger partial charge < -0.3 is 25.5 Å². The van der Waals surface area contributed by atoms with Crippen molar-refractivity contribution in [3.05, 3.63) is 0 Å². The SMILES string of the molecule is C[C@H](NC(=O)[C@@H]1CCCN1)C(=O)N1CCC[C@H]1C(=O)N1CCC[C@H]1C(=O)O. The van der Waals surface area contributed by atoms with E-state index in [2.05, 4.69) is 10.6 Å². The minimum atomic E-state index is -0.999. The summed E-state index contributed by atoms with van der Waals surface area (Å²) >= 11 is 0. The monoisotopic (exact) mass is 380 g/mol. The fraction of sp³-hybridized carbons (Fsp3) is 0.778. The topological polar surface area (TPSA) is 119 Å². The zero-order valence-corrected chi connectivity index (χ0v) is 15.6. The number of carbonyl (C=O) groups excluding carboxylic acids is 3. The van der Waals surface area contributed by atoms with Crippen LogP contribution in [0.15, 0.2) is 0 Å². The van der Waals surface area contributed by atoms with Crippen LogP contribution in [0.4, 0.5) is 0 Å². The van der Waals surface area contributed by atoms with Crippen LogP contribution in [0.5, 0.6) is 0 Å². The average molecular weight is 380 g/mol. The Balaban J connectivity index is 1.62. The summed E-state index contributed by atoms with van der Waals surface area (Å²) in [5.41, 5.74) is 0. The molecule has 0 aromatic carbocycles. The predicted octanol–water partition coefficient (Wildman–Crippen LogP) is -0.690. The average Bonchev–Trinajstić information content (AvgIpc) is 3.41.